The highest BCUT2D eigenvalue weighted by Crippen LogP contribution is 2.26. The number of halogens is 1. The number of nitrogens with zero attached hydrogens (tertiary/aromatic N) is 2. The van der Waals surface area contributed by atoms with E-state index in [0.717, 1.165) is 30.1 Å². The summed E-state index contributed by atoms with van der Waals surface area (Å²) in [6.45, 7) is 4.18. The summed E-state index contributed by atoms with van der Waals surface area (Å²) >= 11 is 5.98. The van der Waals surface area contributed by atoms with Crippen LogP contribution in [0.5, 0.6) is 0 Å². The van der Waals surface area contributed by atoms with Crippen molar-refractivity contribution in [3.8, 4) is 11.1 Å². The van der Waals surface area contributed by atoms with Gasteiger partial charge in [-0.05, 0) is 43.1 Å². The van der Waals surface area contributed by atoms with Crippen LogP contribution in [-0.2, 0) is 0 Å². The van der Waals surface area contributed by atoms with Gasteiger partial charge < -0.3 is 5.32 Å². The fourth-order valence-electron chi connectivity index (χ4n) is 2.49. The molecule has 2 aromatic rings. The minimum Gasteiger partial charge on any atom is -0.315 e. The molecule has 0 radical (unpaired) electrons. The molecule has 4 heteroatoms. The van der Waals surface area contributed by atoms with E-state index in [1.807, 2.05) is 18.3 Å². The van der Waals surface area contributed by atoms with E-state index in [1.54, 1.807) is 0 Å². The van der Waals surface area contributed by atoms with E-state index in [9.17, 15) is 0 Å². The summed E-state index contributed by atoms with van der Waals surface area (Å²) in [5.74, 6) is 0. The molecular weight excluding hydrogens is 246 g/mol. The molecule has 1 aromatic heterocycles. The van der Waals surface area contributed by atoms with Crippen molar-refractivity contribution >= 4 is 11.6 Å². The van der Waals surface area contributed by atoms with E-state index in [4.69, 9.17) is 11.6 Å². The van der Waals surface area contributed by atoms with Gasteiger partial charge in [-0.25, -0.2) is 0 Å². The molecular formula is C14H16ClN3. The van der Waals surface area contributed by atoms with Gasteiger partial charge in [-0.15, -0.1) is 0 Å². The van der Waals surface area contributed by atoms with Crippen molar-refractivity contribution in [2.75, 3.05) is 13.1 Å². The molecule has 0 aliphatic carbocycles. The van der Waals surface area contributed by atoms with Crippen LogP contribution in [0, 0.1) is 6.92 Å². The molecule has 1 atom stereocenters. The van der Waals surface area contributed by atoms with Gasteiger partial charge in [0.05, 0.1) is 12.2 Å². The van der Waals surface area contributed by atoms with Gasteiger partial charge in [0.1, 0.15) is 0 Å². The Hall–Kier alpha value is -1.32. The minimum atomic E-state index is 0.492. The van der Waals surface area contributed by atoms with Crippen molar-refractivity contribution in [2.24, 2.45) is 0 Å². The highest BCUT2D eigenvalue weighted by atomic mass is 35.5. The Morgan fingerprint density at radius 2 is 2.33 bits per heavy atom. The van der Waals surface area contributed by atoms with E-state index in [1.165, 1.54) is 11.1 Å². The Balaban J connectivity index is 1.92. The summed E-state index contributed by atoms with van der Waals surface area (Å²) in [5.41, 5.74) is 3.55. The SMILES string of the molecule is Cc1cc(Cl)ccc1-c1cnn(C2CCNC2)c1. The predicted molar refractivity (Wildman–Crippen MR) is 73.9 cm³/mol. The molecule has 0 spiro atoms. The highest BCUT2D eigenvalue weighted by molar-refractivity contribution is 6.30. The van der Waals surface area contributed by atoms with Crippen molar-refractivity contribution in [3.63, 3.8) is 0 Å². The van der Waals surface area contributed by atoms with E-state index in [-0.39, 0.29) is 0 Å². The van der Waals surface area contributed by atoms with Crippen LogP contribution in [0.25, 0.3) is 11.1 Å². The first-order chi connectivity index (χ1) is 8.74. The fourth-order valence-corrected chi connectivity index (χ4v) is 2.72. The molecule has 1 saturated heterocycles. The van der Waals surface area contributed by atoms with Gasteiger partial charge in [-0.3, -0.25) is 4.68 Å². The summed E-state index contributed by atoms with van der Waals surface area (Å²) in [7, 11) is 0. The van der Waals surface area contributed by atoms with Crippen molar-refractivity contribution in [1.82, 2.24) is 15.1 Å². The van der Waals surface area contributed by atoms with Crippen LogP contribution >= 0.6 is 11.6 Å². The highest BCUT2D eigenvalue weighted by Gasteiger charge is 2.17. The van der Waals surface area contributed by atoms with E-state index < -0.39 is 0 Å². The second kappa shape index (κ2) is 4.75. The Morgan fingerprint density at radius 3 is 3.06 bits per heavy atom. The zero-order valence-corrected chi connectivity index (χ0v) is 11.1. The smallest absolute Gasteiger partial charge is 0.0655 e. The van der Waals surface area contributed by atoms with Crippen LogP contribution in [0.4, 0.5) is 0 Å². The molecule has 1 aliphatic heterocycles. The third-order valence-electron chi connectivity index (χ3n) is 3.51. The van der Waals surface area contributed by atoms with Crippen LogP contribution in [-0.4, -0.2) is 22.9 Å². The van der Waals surface area contributed by atoms with Crippen molar-refractivity contribution in [3.05, 3.63) is 41.2 Å². The maximum atomic E-state index is 5.98. The lowest BCUT2D eigenvalue weighted by Crippen LogP contribution is -2.13. The normalized spacial score (nSPS) is 19.3. The van der Waals surface area contributed by atoms with Gasteiger partial charge in [-0.2, -0.15) is 5.10 Å². The molecule has 1 unspecified atom stereocenters. The van der Waals surface area contributed by atoms with Crippen LogP contribution < -0.4 is 5.32 Å². The molecule has 0 bridgehead atoms. The molecule has 0 amide bonds. The number of nitrogens with one attached hydrogen (secondary N) is 1. The standard InChI is InChI=1S/C14H16ClN3/c1-10-6-12(15)2-3-14(10)11-7-17-18(9-11)13-4-5-16-8-13/h2-3,6-7,9,13,16H,4-5,8H2,1H3. The molecule has 18 heavy (non-hydrogen) atoms. The third-order valence-corrected chi connectivity index (χ3v) is 3.74. The first-order valence-electron chi connectivity index (χ1n) is 6.25. The van der Waals surface area contributed by atoms with E-state index in [2.05, 4.69) is 34.3 Å². The summed E-state index contributed by atoms with van der Waals surface area (Å²) in [6.07, 6.45) is 5.23. The molecule has 3 rings (SSSR count). The lowest BCUT2D eigenvalue weighted by molar-refractivity contribution is 0.491. The van der Waals surface area contributed by atoms with Crippen molar-refractivity contribution in [1.29, 1.82) is 0 Å². The van der Waals surface area contributed by atoms with Gasteiger partial charge in [0.2, 0.25) is 0 Å². The van der Waals surface area contributed by atoms with Crippen LogP contribution in [0.1, 0.15) is 18.0 Å². The van der Waals surface area contributed by atoms with E-state index in [0.29, 0.717) is 6.04 Å². The Labute approximate surface area is 112 Å². The summed E-state index contributed by atoms with van der Waals surface area (Å²) < 4.78 is 2.07. The Bertz CT molecular complexity index is 556. The number of rotatable bonds is 2. The maximum Gasteiger partial charge on any atom is 0.0655 e. The second-order valence-electron chi connectivity index (χ2n) is 4.81. The van der Waals surface area contributed by atoms with Crippen LogP contribution in [0.2, 0.25) is 5.02 Å². The molecule has 2 heterocycles. The maximum absolute atomic E-state index is 5.98. The largest absolute Gasteiger partial charge is 0.315 e. The second-order valence-corrected chi connectivity index (χ2v) is 5.25. The molecule has 94 valence electrons. The number of hydrogen-bond acceptors (Lipinski definition) is 2. The zero-order valence-electron chi connectivity index (χ0n) is 10.4. The van der Waals surface area contributed by atoms with Gasteiger partial charge in [0.15, 0.2) is 0 Å². The number of hydrogen-bond donors (Lipinski definition) is 1. The van der Waals surface area contributed by atoms with Crippen LogP contribution in [0.3, 0.4) is 0 Å². The topological polar surface area (TPSA) is 29.9 Å². The van der Waals surface area contributed by atoms with Gasteiger partial charge in [0, 0.05) is 23.3 Å². The van der Waals surface area contributed by atoms with Gasteiger partial charge in [-0.1, -0.05) is 17.7 Å². The number of benzene rings is 1. The quantitative estimate of drug-likeness (QED) is 0.901. The predicted octanol–water partition coefficient (Wildman–Crippen LogP) is 3.05. The molecule has 3 nitrogen and oxygen atoms in total. The van der Waals surface area contributed by atoms with Gasteiger partial charge >= 0.3 is 0 Å². The Morgan fingerprint density at radius 1 is 1.44 bits per heavy atom. The van der Waals surface area contributed by atoms with Crippen LogP contribution in [0.15, 0.2) is 30.6 Å². The zero-order chi connectivity index (χ0) is 12.5. The lowest BCUT2D eigenvalue weighted by atomic mass is 10.0. The molecule has 1 fully saturated rings. The minimum absolute atomic E-state index is 0.492. The first-order valence-corrected chi connectivity index (χ1v) is 6.63. The Kier molecular flexibility index (Phi) is 3.10. The molecule has 1 aliphatic rings. The molecule has 1 N–H and O–H groups in total. The van der Waals surface area contributed by atoms with Crippen molar-refractivity contribution < 1.29 is 0 Å². The number of aromatic nitrogens is 2. The number of aryl methyl sites for hydroxylation is 1. The molecule has 1 aromatic carbocycles. The van der Waals surface area contributed by atoms with Gasteiger partial charge in [0.25, 0.3) is 0 Å². The lowest BCUT2D eigenvalue weighted by Gasteiger charge is -2.08. The fraction of sp³-hybridized carbons (Fsp3) is 0.357. The molecule has 0 saturated carbocycles. The monoisotopic (exact) mass is 261 g/mol. The third kappa shape index (κ3) is 2.16. The summed E-state index contributed by atoms with van der Waals surface area (Å²) in [5, 5.41) is 8.62. The van der Waals surface area contributed by atoms with Crippen molar-refractivity contribution in [2.45, 2.75) is 19.4 Å². The first kappa shape index (κ1) is 11.8. The summed E-state index contributed by atoms with van der Waals surface area (Å²) in [6, 6.07) is 6.47. The average molecular weight is 262 g/mol. The average Bonchev–Trinajstić information content (AvgIpc) is 2.99. The van der Waals surface area contributed by atoms with E-state index >= 15 is 0 Å². The summed E-state index contributed by atoms with van der Waals surface area (Å²) in [4.78, 5) is 0.